The fraction of sp³-hybridized carbons (Fsp3) is 0.231. The maximum Gasteiger partial charge on any atom is 0.130 e. The van der Waals surface area contributed by atoms with E-state index in [4.69, 9.17) is 23.8 Å². The Morgan fingerprint density at radius 2 is 2.11 bits per heavy atom. The topological polar surface area (TPSA) is 28.7 Å². The molecule has 2 nitrogen and oxygen atoms in total. The van der Waals surface area contributed by atoms with Gasteiger partial charge in [0.15, 0.2) is 0 Å². The number of rotatable bonds is 2. The molecule has 2 aromatic rings. The molecule has 1 aliphatic rings. The average molecular weight is 281 g/mol. The van der Waals surface area contributed by atoms with Crippen molar-refractivity contribution >= 4 is 23.8 Å². The van der Waals surface area contributed by atoms with Gasteiger partial charge in [-0.2, -0.15) is 0 Å². The summed E-state index contributed by atoms with van der Waals surface area (Å²) in [5.41, 5.74) is 1.34. The molecule has 1 N–H and O–H groups in total. The van der Waals surface area contributed by atoms with E-state index in [-0.39, 0.29) is 5.82 Å². The Balaban J connectivity index is 2.15. The summed E-state index contributed by atoms with van der Waals surface area (Å²) in [4.78, 5) is 7.50. The second-order valence-electron chi connectivity index (χ2n) is 4.42. The molecule has 1 heterocycles. The Morgan fingerprint density at radius 1 is 1.33 bits per heavy atom. The SMILES string of the molecule is Fc1ccc(Cl)c(-c2cc(=S)nc(C3CC3)[nH]2)c1. The molecular formula is C13H10ClFN2S. The minimum absolute atomic E-state index is 0.321. The van der Waals surface area contributed by atoms with Crippen molar-refractivity contribution in [3.63, 3.8) is 0 Å². The Labute approximate surface area is 114 Å². The maximum atomic E-state index is 13.3. The van der Waals surface area contributed by atoms with Gasteiger partial charge in [0.05, 0.1) is 10.7 Å². The van der Waals surface area contributed by atoms with E-state index in [1.165, 1.54) is 12.1 Å². The molecule has 0 amide bonds. The summed E-state index contributed by atoms with van der Waals surface area (Å²) in [5.74, 6) is 1.01. The number of nitrogens with one attached hydrogen (secondary N) is 1. The van der Waals surface area contributed by atoms with Gasteiger partial charge in [-0.1, -0.05) is 23.8 Å². The highest BCUT2D eigenvalue weighted by Gasteiger charge is 2.26. The second kappa shape index (κ2) is 4.44. The van der Waals surface area contributed by atoms with Crippen LogP contribution >= 0.6 is 23.8 Å². The van der Waals surface area contributed by atoms with Crippen molar-refractivity contribution in [1.29, 1.82) is 0 Å². The lowest BCUT2D eigenvalue weighted by molar-refractivity contribution is 0.628. The van der Waals surface area contributed by atoms with E-state index in [0.717, 1.165) is 24.4 Å². The number of benzene rings is 1. The molecule has 0 saturated heterocycles. The molecule has 1 saturated carbocycles. The summed E-state index contributed by atoms with van der Waals surface area (Å²) < 4.78 is 13.8. The van der Waals surface area contributed by atoms with Gasteiger partial charge in [0.2, 0.25) is 0 Å². The number of nitrogens with zero attached hydrogens (tertiary/aromatic N) is 1. The first-order chi connectivity index (χ1) is 8.63. The van der Waals surface area contributed by atoms with Gasteiger partial charge in [0.1, 0.15) is 16.3 Å². The van der Waals surface area contributed by atoms with Crippen LogP contribution in [0.2, 0.25) is 5.02 Å². The fourth-order valence-corrected chi connectivity index (χ4v) is 2.31. The lowest BCUT2D eigenvalue weighted by Gasteiger charge is -2.07. The standard InChI is InChI=1S/C13H10ClFN2S/c14-10-4-3-8(15)5-9(10)11-6-12(18)17-13(16-11)7-1-2-7/h3-7H,1-2H2,(H,16,17,18). The first-order valence-electron chi connectivity index (χ1n) is 5.70. The van der Waals surface area contributed by atoms with Crippen LogP contribution in [-0.4, -0.2) is 9.97 Å². The van der Waals surface area contributed by atoms with Gasteiger partial charge in [0.25, 0.3) is 0 Å². The molecule has 0 unspecified atom stereocenters. The van der Waals surface area contributed by atoms with Crippen LogP contribution < -0.4 is 0 Å². The predicted octanol–water partition coefficient (Wildman–Crippen LogP) is 4.48. The van der Waals surface area contributed by atoms with E-state index in [9.17, 15) is 4.39 Å². The van der Waals surface area contributed by atoms with Crippen LogP contribution in [0.3, 0.4) is 0 Å². The van der Waals surface area contributed by atoms with Gasteiger partial charge >= 0.3 is 0 Å². The molecule has 5 heteroatoms. The Hall–Kier alpha value is -1.26. The van der Waals surface area contributed by atoms with Gasteiger partial charge in [0, 0.05) is 11.5 Å². The Bertz CT molecular complexity index is 664. The highest BCUT2D eigenvalue weighted by molar-refractivity contribution is 7.71. The van der Waals surface area contributed by atoms with Crippen molar-refractivity contribution in [1.82, 2.24) is 9.97 Å². The van der Waals surface area contributed by atoms with Crippen LogP contribution in [0.5, 0.6) is 0 Å². The van der Waals surface area contributed by atoms with Gasteiger partial charge in [-0.3, -0.25) is 0 Å². The van der Waals surface area contributed by atoms with E-state index < -0.39 is 0 Å². The van der Waals surface area contributed by atoms with Gasteiger partial charge in [-0.25, -0.2) is 9.37 Å². The third kappa shape index (κ3) is 2.31. The number of hydrogen-bond donors (Lipinski definition) is 1. The first-order valence-corrected chi connectivity index (χ1v) is 6.49. The fourth-order valence-electron chi connectivity index (χ4n) is 1.88. The number of hydrogen-bond acceptors (Lipinski definition) is 2. The Morgan fingerprint density at radius 3 is 2.83 bits per heavy atom. The van der Waals surface area contributed by atoms with Crippen LogP contribution in [-0.2, 0) is 0 Å². The van der Waals surface area contributed by atoms with Crippen LogP contribution in [0.15, 0.2) is 24.3 Å². The molecule has 0 spiro atoms. The molecule has 1 aliphatic carbocycles. The molecule has 1 fully saturated rings. The van der Waals surface area contributed by atoms with E-state index in [1.807, 2.05) is 0 Å². The largest absolute Gasteiger partial charge is 0.343 e. The summed E-state index contributed by atoms with van der Waals surface area (Å²) in [7, 11) is 0. The minimum atomic E-state index is -0.321. The van der Waals surface area contributed by atoms with Crippen LogP contribution in [0.4, 0.5) is 4.39 Å². The van der Waals surface area contributed by atoms with Crippen LogP contribution in [0.25, 0.3) is 11.3 Å². The zero-order valence-electron chi connectivity index (χ0n) is 9.41. The summed E-state index contributed by atoms with van der Waals surface area (Å²) in [6, 6.07) is 5.99. The van der Waals surface area contributed by atoms with Crippen LogP contribution in [0.1, 0.15) is 24.6 Å². The Kier molecular flexibility index (Phi) is 2.92. The monoisotopic (exact) mass is 280 g/mol. The van der Waals surface area contributed by atoms with Crippen molar-refractivity contribution in [2.24, 2.45) is 0 Å². The summed E-state index contributed by atoms with van der Waals surface area (Å²) in [6.07, 6.45) is 2.25. The third-order valence-corrected chi connectivity index (χ3v) is 3.48. The smallest absolute Gasteiger partial charge is 0.130 e. The molecule has 18 heavy (non-hydrogen) atoms. The predicted molar refractivity (Wildman–Crippen MR) is 71.8 cm³/mol. The van der Waals surface area contributed by atoms with Crippen molar-refractivity contribution < 1.29 is 4.39 Å². The quantitative estimate of drug-likeness (QED) is 0.822. The van der Waals surface area contributed by atoms with Crippen molar-refractivity contribution in [2.45, 2.75) is 18.8 Å². The van der Waals surface area contributed by atoms with E-state index in [0.29, 0.717) is 21.1 Å². The summed E-state index contributed by atoms with van der Waals surface area (Å²) in [6.45, 7) is 0. The highest BCUT2D eigenvalue weighted by atomic mass is 35.5. The average Bonchev–Trinajstić information content (AvgIpc) is 3.15. The minimum Gasteiger partial charge on any atom is -0.343 e. The van der Waals surface area contributed by atoms with Crippen molar-refractivity contribution in [2.75, 3.05) is 0 Å². The number of aromatic nitrogens is 2. The van der Waals surface area contributed by atoms with Gasteiger partial charge < -0.3 is 4.98 Å². The van der Waals surface area contributed by atoms with Gasteiger partial charge in [-0.15, -0.1) is 0 Å². The molecule has 1 aromatic carbocycles. The van der Waals surface area contributed by atoms with E-state index in [2.05, 4.69) is 9.97 Å². The summed E-state index contributed by atoms with van der Waals surface area (Å²) in [5, 5.41) is 0.495. The molecule has 92 valence electrons. The molecule has 1 aromatic heterocycles. The number of H-pyrrole nitrogens is 1. The summed E-state index contributed by atoms with van der Waals surface area (Å²) >= 11 is 11.2. The zero-order valence-corrected chi connectivity index (χ0v) is 11.0. The third-order valence-electron chi connectivity index (χ3n) is 2.94. The molecule has 0 bridgehead atoms. The normalized spacial score (nSPS) is 14.8. The molecular weight excluding hydrogens is 271 g/mol. The highest BCUT2D eigenvalue weighted by Crippen LogP contribution is 2.39. The molecule has 3 rings (SSSR count). The van der Waals surface area contributed by atoms with Crippen molar-refractivity contribution in [3.8, 4) is 11.3 Å². The van der Waals surface area contributed by atoms with E-state index in [1.54, 1.807) is 12.1 Å². The van der Waals surface area contributed by atoms with Crippen molar-refractivity contribution in [3.05, 3.63) is 45.6 Å². The second-order valence-corrected chi connectivity index (χ2v) is 5.24. The lowest BCUT2D eigenvalue weighted by Crippen LogP contribution is -1.96. The molecule has 0 aliphatic heterocycles. The number of halogens is 2. The zero-order chi connectivity index (χ0) is 12.7. The van der Waals surface area contributed by atoms with Crippen LogP contribution in [0, 0.1) is 10.5 Å². The maximum absolute atomic E-state index is 13.3. The lowest BCUT2D eigenvalue weighted by atomic mass is 10.1. The van der Waals surface area contributed by atoms with Gasteiger partial charge in [-0.05, 0) is 37.1 Å². The number of aromatic amines is 1. The first kappa shape index (κ1) is 11.8. The van der Waals surface area contributed by atoms with E-state index >= 15 is 0 Å². The molecule has 0 atom stereocenters. The molecule has 0 radical (unpaired) electrons.